The van der Waals surface area contributed by atoms with Crippen molar-refractivity contribution in [3.63, 3.8) is 0 Å². The summed E-state index contributed by atoms with van der Waals surface area (Å²) in [5.41, 5.74) is 10.5. The molecule has 0 fully saturated rings. The fourth-order valence-electron chi connectivity index (χ4n) is 2.67. The Labute approximate surface area is 109 Å². The predicted molar refractivity (Wildman–Crippen MR) is 74.8 cm³/mol. The number of benzene rings is 1. The Morgan fingerprint density at radius 3 is 2.83 bits per heavy atom. The molecular weight excluding hydrogens is 224 g/mol. The molecule has 18 heavy (non-hydrogen) atoms. The van der Waals surface area contributed by atoms with Crippen molar-refractivity contribution in [2.45, 2.75) is 33.6 Å². The highest BCUT2D eigenvalue weighted by atomic mass is 16.2. The third-order valence-corrected chi connectivity index (χ3v) is 3.73. The van der Waals surface area contributed by atoms with Crippen LogP contribution in [0.4, 0.5) is 5.69 Å². The van der Waals surface area contributed by atoms with E-state index in [4.69, 9.17) is 5.73 Å². The van der Waals surface area contributed by atoms with Crippen LogP contribution in [0, 0.1) is 19.8 Å². The molecule has 0 aromatic heterocycles. The van der Waals surface area contributed by atoms with E-state index in [0.717, 1.165) is 25.1 Å². The van der Waals surface area contributed by atoms with Gasteiger partial charge in [-0.1, -0.05) is 13.0 Å². The fraction of sp³-hybridized carbons (Fsp3) is 0.533. The number of amides is 1. The minimum absolute atomic E-state index is 0.100. The summed E-state index contributed by atoms with van der Waals surface area (Å²) in [7, 11) is 0. The standard InChI is InChI=1S/C15H22N2O/c1-10-7-11(2)13-5-4-6-17(14(13)8-10)15(18)12(3)9-16/h7-8,12H,4-6,9,16H2,1-3H3. The van der Waals surface area contributed by atoms with Gasteiger partial charge in [0.15, 0.2) is 0 Å². The number of fused-ring (bicyclic) bond motifs is 1. The largest absolute Gasteiger partial charge is 0.330 e. The molecule has 98 valence electrons. The summed E-state index contributed by atoms with van der Waals surface area (Å²) < 4.78 is 0. The van der Waals surface area contributed by atoms with Crippen LogP contribution in [0.15, 0.2) is 12.1 Å². The lowest BCUT2D eigenvalue weighted by Gasteiger charge is -2.32. The van der Waals surface area contributed by atoms with Gasteiger partial charge in [-0.05, 0) is 49.4 Å². The summed E-state index contributed by atoms with van der Waals surface area (Å²) in [5, 5.41) is 0. The van der Waals surface area contributed by atoms with Gasteiger partial charge in [0.1, 0.15) is 0 Å². The van der Waals surface area contributed by atoms with Gasteiger partial charge in [-0.25, -0.2) is 0 Å². The Balaban J connectivity index is 2.41. The van der Waals surface area contributed by atoms with E-state index in [9.17, 15) is 4.79 Å². The first kappa shape index (κ1) is 13.1. The normalized spacial score (nSPS) is 16.3. The quantitative estimate of drug-likeness (QED) is 0.869. The van der Waals surface area contributed by atoms with E-state index in [1.165, 1.54) is 16.7 Å². The van der Waals surface area contributed by atoms with Crippen molar-refractivity contribution in [3.05, 3.63) is 28.8 Å². The first-order chi connectivity index (χ1) is 8.54. The molecule has 1 heterocycles. The van der Waals surface area contributed by atoms with Crippen LogP contribution >= 0.6 is 0 Å². The van der Waals surface area contributed by atoms with E-state index in [1.54, 1.807) is 0 Å². The third kappa shape index (κ3) is 2.27. The third-order valence-electron chi connectivity index (χ3n) is 3.73. The number of anilines is 1. The number of aryl methyl sites for hydroxylation is 2. The van der Waals surface area contributed by atoms with Crippen LogP contribution in [0.5, 0.6) is 0 Å². The highest BCUT2D eigenvalue weighted by Crippen LogP contribution is 2.31. The molecule has 1 atom stereocenters. The first-order valence-corrected chi connectivity index (χ1v) is 6.66. The molecule has 3 heteroatoms. The van der Waals surface area contributed by atoms with Crippen molar-refractivity contribution in [2.24, 2.45) is 11.7 Å². The zero-order valence-electron chi connectivity index (χ0n) is 11.5. The van der Waals surface area contributed by atoms with Crippen LogP contribution in [0.25, 0.3) is 0 Å². The van der Waals surface area contributed by atoms with Crippen LogP contribution in [-0.4, -0.2) is 19.0 Å². The molecule has 3 nitrogen and oxygen atoms in total. The van der Waals surface area contributed by atoms with Crippen molar-refractivity contribution in [1.82, 2.24) is 0 Å². The fourth-order valence-corrected chi connectivity index (χ4v) is 2.67. The van der Waals surface area contributed by atoms with Crippen LogP contribution < -0.4 is 10.6 Å². The van der Waals surface area contributed by atoms with Gasteiger partial charge in [-0.3, -0.25) is 4.79 Å². The SMILES string of the molecule is Cc1cc(C)c2c(c1)N(C(=O)C(C)CN)CCC2. The molecule has 0 radical (unpaired) electrons. The number of rotatable bonds is 2. The van der Waals surface area contributed by atoms with Crippen molar-refractivity contribution >= 4 is 11.6 Å². The molecule has 1 aliphatic rings. The van der Waals surface area contributed by atoms with Gasteiger partial charge in [-0.15, -0.1) is 0 Å². The van der Waals surface area contributed by atoms with E-state index in [0.29, 0.717) is 6.54 Å². The maximum Gasteiger partial charge on any atom is 0.231 e. The average Bonchev–Trinajstić information content (AvgIpc) is 2.36. The van der Waals surface area contributed by atoms with Gasteiger partial charge >= 0.3 is 0 Å². The highest BCUT2D eigenvalue weighted by Gasteiger charge is 2.26. The summed E-state index contributed by atoms with van der Waals surface area (Å²) in [6.07, 6.45) is 2.11. The van der Waals surface area contributed by atoms with Gasteiger partial charge in [0.2, 0.25) is 5.91 Å². The van der Waals surface area contributed by atoms with E-state index in [1.807, 2.05) is 11.8 Å². The van der Waals surface area contributed by atoms with E-state index in [2.05, 4.69) is 26.0 Å². The monoisotopic (exact) mass is 246 g/mol. The number of carbonyl (C=O) groups excluding carboxylic acids is 1. The molecule has 1 aliphatic heterocycles. The van der Waals surface area contributed by atoms with Gasteiger partial charge < -0.3 is 10.6 Å². The minimum atomic E-state index is -0.100. The molecule has 2 N–H and O–H groups in total. The average molecular weight is 246 g/mol. The summed E-state index contributed by atoms with van der Waals surface area (Å²) in [6, 6.07) is 4.32. The minimum Gasteiger partial charge on any atom is -0.330 e. The maximum atomic E-state index is 12.4. The Morgan fingerprint density at radius 2 is 2.17 bits per heavy atom. The highest BCUT2D eigenvalue weighted by molar-refractivity contribution is 5.96. The van der Waals surface area contributed by atoms with Crippen LogP contribution in [0.2, 0.25) is 0 Å². The first-order valence-electron chi connectivity index (χ1n) is 6.66. The molecule has 1 unspecified atom stereocenters. The van der Waals surface area contributed by atoms with Crippen molar-refractivity contribution in [2.75, 3.05) is 18.0 Å². The van der Waals surface area contributed by atoms with Gasteiger partial charge in [0.25, 0.3) is 0 Å². The van der Waals surface area contributed by atoms with Crippen molar-refractivity contribution in [3.8, 4) is 0 Å². The second-order valence-electron chi connectivity index (χ2n) is 5.31. The second kappa shape index (κ2) is 5.11. The Morgan fingerprint density at radius 1 is 1.44 bits per heavy atom. The Bertz CT molecular complexity index is 468. The Kier molecular flexibility index (Phi) is 3.71. The maximum absolute atomic E-state index is 12.4. The number of hydrogen-bond donors (Lipinski definition) is 1. The van der Waals surface area contributed by atoms with E-state index in [-0.39, 0.29) is 11.8 Å². The van der Waals surface area contributed by atoms with E-state index >= 15 is 0 Å². The number of nitrogens with two attached hydrogens (primary N) is 1. The molecule has 0 spiro atoms. The molecule has 0 saturated carbocycles. The molecule has 0 saturated heterocycles. The number of hydrogen-bond acceptors (Lipinski definition) is 2. The lowest BCUT2D eigenvalue weighted by molar-refractivity contribution is -0.121. The predicted octanol–water partition coefficient (Wildman–Crippen LogP) is 2.18. The lowest BCUT2D eigenvalue weighted by atomic mass is 9.94. The van der Waals surface area contributed by atoms with Crippen molar-refractivity contribution in [1.29, 1.82) is 0 Å². The number of carbonyl (C=O) groups is 1. The number of nitrogens with zero attached hydrogens (tertiary/aromatic N) is 1. The van der Waals surface area contributed by atoms with Gasteiger partial charge in [0.05, 0.1) is 0 Å². The topological polar surface area (TPSA) is 46.3 Å². The molecule has 1 aromatic carbocycles. The summed E-state index contributed by atoms with van der Waals surface area (Å²) in [5.74, 6) is 0.0558. The zero-order chi connectivity index (χ0) is 13.3. The summed E-state index contributed by atoms with van der Waals surface area (Å²) >= 11 is 0. The van der Waals surface area contributed by atoms with Gasteiger partial charge in [0, 0.05) is 24.7 Å². The summed E-state index contributed by atoms with van der Waals surface area (Å²) in [4.78, 5) is 14.3. The van der Waals surface area contributed by atoms with Crippen LogP contribution in [0.3, 0.4) is 0 Å². The van der Waals surface area contributed by atoms with E-state index < -0.39 is 0 Å². The van der Waals surface area contributed by atoms with Crippen LogP contribution in [0.1, 0.15) is 30.0 Å². The molecule has 2 rings (SSSR count). The molecule has 0 aliphatic carbocycles. The molecule has 1 amide bonds. The second-order valence-corrected chi connectivity index (χ2v) is 5.31. The molecule has 0 bridgehead atoms. The zero-order valence-corrected chi connectivity index (χ0v) is 11.5. The molecular formula is C15H22N2O. The van der Waals surface area contributed by atoms with Gasteiger partial charge in [-0.2, -0.15) is 0 Å². The Hall–Kier alpha value is -1.35. The van der Waals surface area contributed by atoms with Crippen LogP contribution in [-0.2, 0) is 11.2 Å². The lowest BCUT2D eigenvalue weighted by Crippen LogP contribution is -2.41. The summed E-state index contributed by atoms with van der Waals surface area (Å²) in [6.45, 7) is 7.34. The van der Waals surface area contributed by atoms with Crippen molar-refractivity contribution < 1.29 is 4.79 Å². The smallest absolute Gasteiger partial charge is 0.231 e. The molecule has 1 aromatic rings.